The quantitative estimate of drug-likeness (QED) is 0.649. The van der Waals surface area contributed by atoms with Crippen LogP contribution in [0.15, 0.2) is 45.3 Å². The Kier molecular flexibility index (Phi) is 2.95. The van der Waals surface area contributed by atoms with Gasteiger partial charge in [0.25, 0.3) is 0 Å². The summed E-state index contributed by atoms with van der Waals surface area (Å²) in [7, 11) is 0. The molecule has 90 valence electrons. The minimum Gasteiger partial charge on any atom is -0.337 e. The molecule has 2 nitrogen and oxygen atoms in total. The highest BCUT2D eigenvalue weighted by Gasteiger charge is 2.10. The Morgan fingerprint density at radius 2 is 1.83 bits per heavy atom. The van der Waals surface area contributed by atoms with E-state index in [9.17, 15) is 4.39 Å². The molecule has 0 aliphatic rings. The number of imidazole rings is 1. The van der Waals surface area contributed by atoms with Gasteiger partial charge in [0, 0.05) is 14.5 Å². The highest BCUT2D eigenvalue weighted by molar-refractivity contribution is 9.11. The average Bonchev–Trinajstić information content (AvgIpc) is 2.80. The molecule has 0 amide bonds. The number of fused-ring (bicyclic) bond motifs is 1. The summed E-state index contributed by atoms with van der Waals surface area (Å²) in [5.74, 6) is 0.378. The van der Waals surface area contributed by atoms with Gasteiger partial charge >= 0.3 is 0 Å². The highest BCUT2D eigenvalue weighted by Crippen LogP contribution is 2.31. The van der Waals surface area contributed by atoms with Crippen molar-refractivity contribution in [1.82, 2.24) is 9.97 Å². The number of benzene rings is 2. The summed E-state index contributed by atoms with van der Waals surface area (Å²) >= 11 is 6.92. The van der Waals surface area contributed by atoms with E-state index in [4.69, 9.17) is 0 Å². The van der Waals surface area contributed by atoms with E-state index in [0.29, 0.717) is 5.82 Å². The number of aromatic amines is 1. The zero-order valence-electron chi connectivity index (χ0n) is 9.05. The first-order chi connectivity index (χ1) is 8.65. The van der Waals surface area contributed by atoms with Gasteiger partial charge in [-0.2, -0.15) is 0 Å². The average molecular weight is 370 g/mol. The molecule has 5 heteroatoms. The predicted octanol–water partition coefficient (Wildman–Crippen LogP) is 4.89. The van der Waals surface area contributed by atoms with E-state index in [1.165, 1.54) is 12.1 Å². The van der Waals surface area contributed by atoms with Crippen molar-refractivity contribution in [2.45, 2.75) is 0 Å². The zero-order valence-corrected chi connectivity index (χ0v) is 12.2. The normalized spacial score (nSPS) is 11.1. The van der Waals surface area contributed by atoms with Crippen LogP contribution in [0.4, 0.5) is 4.39 Å². The lowest BCUT2D eigenvalue weighted by Gasteiger charge is -1.95. The van der Waals surface area contributed by atoms with Crippen LogP contribution in [0, 0.1) is 5.82 Å². The first kappa shape index (κ1) is 11.9. The minimum absolute atomic E-state index is 0.272. The van der Waals surface area contributed by atoms with E-state index in [-0.39, 0.29) is 5.82 Å². The third-order valence-electron chi connectivity index (χ3n) is 2.64. The number of hydrogen-bond donors (Lipinski definition) is 1. The van der Waals surface area contributed by atoms with Crippen molar-refractivity contribution >= 4 is 42.9 Å². The number of rotatable bonds is 1. The zero-order chi connectivity index (χ0) is 12.7. The van der Waals surface area contributed by atoms with E-state index >= 15 is 0 Å². The lowest BCUT2D eigenvalue weighted by molar-refractivity contribution is 0.628. The molecule has 1 N–H and O–H groups in total. The number of halogens is 3. The summed E-state index contributed by atoms with van der Waals surface area (Å²) in [5.41, 5.74) is 2.44. The van der Waals surface area contributed by atoms with Gasteiger partial charge in [0.05, 0.1) is 5.52 Å². The summed E-state index contributed by atoms with van der Waals surface area (Å²) in [6, 6.07) is 10.2. The van der Waals surface area contributed by atoms with Crippen molar-refractivity contribution < 1.29 is 4.39 Å². The fraction of sp³-hybridized carbons (Fsp3) is 0. The smallest absolute Gasteiger partial charge is 0.138 e. The summed E-state index contributed by atoms with van der Waals surface area (Å²) in [5, 5.41) is 0. The Labute approximate surface area is 119 Å². The van der Waals surface area contributed by atoms with Crippen LogP contribution in [0.1, 0.15) is 0 Å². The number of aromatic nitrogens is 2. The maximum absolute atomic E-state index is 13.2. The molecule has 0 bridgehead atoms. The Balaban J connectivity index is 2.26. The van der Waals surface area contributed by atoms with Crippen LogP contribution in [-0.2, 0) is 0 Å². The second-order valence-electron chi connectivity index (χ2n) is 3.85. The topological polar surface area (TPSA) is 28.7 Å². The summed E-state index contributed by atoms with van der Waals surface area (Å²) < 4.78 is 15.0. The number of hydrogen-bond acceptors (Lipinski definition) is 1. The van der Waals surface area contributed by atoms with E-state index in [2.05, 4.69) is 41.8 Å². The second-order valence-corrected chi connectivity index (χ2v) is 5.56. The van der Waals surface area contributed by atoms with Crippen molar-refractivity contribution in [2.24, 2.45) is 0 Å². The van der Waals surface area contributed by atoms with Gasteiger partial charge in [0.2, 0.25) is 0 Å². The van der Waals surface area contributed by atoms with Gasteiger partial charge in [-0.25, -0.2) is 9.37 Å². The van der Waals surface area contributed by atoms with Gasteiger partial charge in [-0.05, 0) is 56.1 Å². The molecular formula is C13H7Br2FN2. The number of H-pyrrole nitrogens is 1. The van der Waals surface area contributed by atoms with Gasteiger partial charge in [-0.1, -0.05) is 12.1 Å². The Morgan fingerprint density at radius 3 is 2.56 bits per heavy atom. The molecule has 0 aliphatic heterocycles. The van der Waals surface area contributed by atoms with Crippen LogP contribution in [0.3, 0.4) is 0 Å². The first-order valence-corrected chi connectivity index (χ1v) is 6.83. The lowest BCUT2D eigenvalue weighted by atomic mass is 10.2. The van der Waals surface area contributed by atoms with Crippen LogP contribution < -0.4 is 0 Å². The van der Waals surface area contributed by atoms with Gasteiger partial charge in [0.15, 0.2) is 0 Å². The van der Waals surface area contributed by atoms with Gasteiger partial charge < -0.3 is 4.98 Å². The molecular weight excluding hydrogens is 363 g/mol. The first-order valence-electron chi connectivity index (χ1n) is 5.25. The van der Waals surface area contributed by atoms with Crippen molar-refractivity contribution in [3.05, 3.63) is 51.2 Å². The van der Waals surface area contributed by atoms with Crippen LogP contribution in [0.25, 0.3) is 22.4 Å². The van der Waals surface area contributed by atoms with Crippen molar-refractivity contribution in [2.75, 3.05) is 0 Å². The molecule has 0 spiro atoms. The molecule has 0 saturated heterocycles. The molecule has 2 aromatic carbocycles. The predicted molar refractivity (Wildman–Crippen MR) is 76.9 cm³/mol. The van der Waals surface area contributed by atoms with Crippen LogP contribution in [0.5, 0.6) is 0 Å². The molecule has 3 rings (SSSR count). The Morgan fingerprint density at radius 1 is 1.06 bits per heavy atom. The van der Waals surface area contributed by atoms with E-state index in [1.807, 2.05) is 18.2 Å². The highest BCUT2D eigenvalue weighted by atomic mass is 79.9. The lowest BCUT2D eigenvalue weighted by Crippen LogP contribution is -1.81. The fourth-order valence-corrected chi connectivity index (χ4v) is 2.64. The molecule has 1 heterocycles. The molecule has 0 radical (unpaired) electrons. The van der Waals surface area contributed by atoms with Crippen LogP contribution in [0.2, 0.25) is 0 Å². The number of nitrogens with one attached hydrogen (secondary N) is 1. The SMILES string of the molecule is Fc1cccc(-c2nc3c(Br)ccc(Br)c3[nH]2)c1. The Hall–Kier alpha value is -1.20. The maximum Gasteiger partial charge on any atom is 0.138 e. The van der Waals surface area contributed by atoms with Crippen molar-refractivity contribution in [3.63, 3.8) is 0 Å². The summed E-state index contributed by atoms with van der Waals surface area (Å²) in [6.07, 6.45) is 0. The molecule has 0 fully saturated rings. The molecule has 0 atom stereocenters. The third-order valence-corrected chi connectivity index (χ3v) is 3.94. The fourth-order valence-electron chi connectivity index (χ4n) is 1.80. The van der Waals surface area contributed by atoms with Gasteiger partial charge in [-0.3, -0.25) is 0 Å². The standard InChI is InChI=1S/C13H7Br2FN2/c14-9-4-5-10(15)12-11(9)17-13(18-12)7-2-1-3-8(16)6-7/h1-6H,(H,17,18). The van der Waals surface area contributed by atoms with E-state index < -0.39 is 0 Å². The molecule has 1 aromatic heterocycles. The second kappa shape index (κ2) is 4.48. The minimum atomic E-state index is -0.272. The summed E-state index contributed by atoms with van der Waals surface area (Å²) in [4.78, 5) is 7.68. The maximum atomic E-state index is 13.2. The van der Waals surface area contributed by atoms with Gasteiger partial charge in [0.1, 0.15) is 17.2 Å². The molecule has 3 aromatic rings. The number of nitrogens with zero attached hydrogens (tertiary/aromatic N) is 1. The molecule has 0 aliphatic carbocycles. The van der Waals surface area contributed by atoms with Crippen LogP contribution in [-0.4, -0.2) is 9.97 Å². The monoisotopic (exact) mass is 368 g/mol. The largest absolute Gasteiger partial charge is 0.337 e. The molecule has 0 saturated carbocycles. The van der Waals surface area contributed by atoms with E-state index in [0.717, 1.165) is 25.5 Å². The summed E-state index contributed by atoms with van der Waals surface area (Å²) in [6.45, 7) is 0. The van der Waals surface area contributed by atoms with Crippen molar-refractivity contribution in [3.8, 4) is 11.4 Å². The van der Waals surface area contributed by atoms with E-state index in [1.54, 1.807) is 6.07 Å². The van der Waals surface area contributed by atoms with Crippen LogP contribution >= 0.6 is 31.9 Å². The molecule has 18 heavy (non-hydrogen) atoms. The van der Waals surface area contributed by atoms with Crippen molar-refractivity contribution in [1.29, 1.82) is 0 Å². The Bertz CT molecular complexity index is 698. The third kappa shape index (κ3) is 1.97. The molecule has 0 unspecified atom stereocenters. The van der Waals surface area contributed by atoms with Gasteiger partial charge in [-0.15, -0.1) is 0 Å².